The first-order valence-corrected chi connectivity index (χ1v) is 8.94. The van der Waals surface area contributed by atoms with Gasteiger partial charge in [0.15, 0.2) is 5.58 Å². The minimum Gasteiger partial charge on any atom is -0.408 e. The lowest BCUT2D eigenvalue weighted by Gasteiger charge is -2.05. The Hall–Kier alpha value is -4.00. The average molecular weight is 387 g/mol. The van der Waals surface area contributed by atoms with E-state index in [-0.39, 0.29) is 11.4 Å². The standard InChI is InChI=1S/C22H14FN3O3/c23-16-5-1-13(2-6-16)12-26-19-8-4-15(10-20(19)29-22(26)28)14-3-7-17-18(9-14)24-11-21(27)25-17/h1-11H,12H2,(H,25,27). The fraction of sp³-hybridized carbons (Fsp3) is 0.0455. The molecule has 0 atom stereocenters. The van der Waals surface area contributed by atoms with Gasteiger partial charge >= 0.3 is 5.76 Å². The maximum atomic E-state index is 13.1. The molecule has 3 aromatic carbocycles. The largest absolute Gasteiger partial charge is 0.420 e. The lowest BCUT2D eigenvalue weighted by atomic mass is 10.0. The van der Waals surface area contributed by atoms with E-state index in [1.807, 2.05) is 24.3 Å². The molecule has 0 spiro atoms. The highest BCUT2D eigenvalue weighted by molar-refractivity contribution is 5.85. The van der Waals surface area contributed by atoms with Crippen LogP contribution in [0.15, 0.2) is 80.9 Å². The van der Waals surface area contributed by atoms with Gasteiger partial charge in [-0.15, -0.1) is 0 Å². The zero-order valence-electron chi connectivity index (χ0n) is 15.1. The quantitative estimate of drug-likeness (QED) is 0.512. The Morgan fingerprint density at radius 3 is 2.55 bits per heavy atom. The van der Waals surface area contributed by atoms with Crippen molar-refractivity contribution in [2.75, 3.05) is 0 Å². The van der Waals surface area contributed by atoms with Crippen LogP contribution in [0.25, 0.3) is 33.3 Å². The molecular weight excluding hydrogens is 373 g/mol. The van der Waals surface area contributed by atoms with E-state index in [2.05, 4.69) is 9.97 Å². The van der Waals surface area contributed by atoms with Gasteiger partial charge in [0.2, 0.25) is 0 Å². The van der Waals surface area contributed by atoms with Crippen LogP contribution in [0.3, 0.4) is 0 Å². The number of hydrogen-bond acceptors (Lipinski definition) is 4. The molecule has 142 valence electrons. The second-order valence-corrected chi connectivity index (χ2v) is 6.74. The van der Waals surface area contributed by atoms with Crippen molar-refractivity contribution in [3.63, 3.8) is 0 Å². The molecule has 0 bridgehead atoms. The summed E-state index contributed by atoms with van der Waals surface area (Å²) < 4.78 is 20.1. The molecule has 0 saturated heterocycles. The van der Waals surface area contributed by atoms with Gasteiger partial charge in [0, 0.05) is 0 Å². The Bertz CT molecular complexity index is 1480. The molecule has 29 heavy (non-hydrogen) atoms. The molecule has 5 aromatic rings. The summed E-state index contributed by atoms with van der Waals surface area (Å²) in [5.74, 6) is -0.795. The van der Waals surface area contributed by atoms with Crippen molar-refractivity contribution in [3.8, 4) is 11.1 Å². The fourth-order valence-corrected chi connectivity index (χ4v) is 3.38. The molecule has 0 aliphatic heterocycles. The number of rotatable bonds is 3. The zero-order chi connectivity index (χ0) is 20.0. The predicted molar refractivity (Wildman–Crippen MR) is 107 cm³/mol. The maximum absolute atomic E-state index is 13.1. The normalized spacial score (nSPS) is 11.3. The Kier molecular flexibility index (Phi) is 3.87. The van der Waals surface area contributed by atoms with Crippen LogP contribution in [0.1, 0.15) is 5.56 Å². The Morgan fingerprint density at radius 1 is 0.966 bits per heavy atom. The third-order valence-corrected chi connectivity index (χ3v) is 4.83. The molecule has 5 rings (SSSR count). The summed E-state index contributed by atoms with van der Waals surface area (Å²) >= 11 is 0. The van der Waals surface area contributed by atoms with E-state index in [0.29, 0.717) is 28.7 Å². The van der Waals surface area contributed by atoms with Crippen molar-refractivity contribution in [1.82, 2.24) is 14.5 Å². The SMILES string of the molecule is O=c1cnc2cc(-c3ccc4c(c3)oc(=O)n4Cc3ccc(F)cc3)ccc2[nH]1. The second kappa shape index (κ2) is 6.56. The van der Waals surface area contributed by atoms with E-state index in [1.165, 1.54) is 22.9 Å². The molecule has 0 aliphatic rings. The Balaban J connectivity index is 1.56. The summed E-state index contributed by atoms with van der Waals surface area (Å²) in [7, 11) is 0. The maximum Gasteiger partial charge on any atom is 0.420 e. The summed E-state index contributed by atoms with van der Waals surface area (Å²) in [4.78, 5) is 30.6. The molecule has 0 radical (unpaired) electrons. The number of nitrogens with one attached hydrogen (secondary N) is 1. The highest BCUT2D eigenvalue weighted by Gasteiger charge is 2.12. The highest BCUT2D eigenvalue weighted by atomic mass is 19.1. The minimum absolute atomic E-state index is 0.254. The summed E-state index contributed by atoms with van der Waals surface area (Å²) in [6, 6.07) is 17.0. The van der Waals surface area contributed by atoms with Gasteiger partial charge < -0.3 is 9.40 Å². The molecule has 0 saturated carbocycles. The van der Waals surface area contributed by atoms with Crippen LogP contribution in [0.5, 0.6) is 0 Å². The van der Waals surface area contributed by atoms with Gasteiger partial charge in [-0.25, -0.2) is 14.2 Å². The lowest BCUT2D eigenvalue weighted by Crippen LogP contribution is -2.14. The van der Waals surface area contributed by atoms with Crippen LogP contribution >= 0.6 is 0 Å². The van der Waals surface area contributed by atoms with Crippen molar-refractivity contribution in [1.29, 1.82) is 0 Å². The van der Waals surface area contributed by atoms with Crippen molar-refractivity contribution < 1.29 is 8.81 Å². The molecule has 0 amide bonds. The number of fused-ring (bicyclic) bond motifs is 2. The first kappa shape index (κ1) is 17.1. The zero-order valence-corrected chi connectivity index (χ0v) is 15.1. The summed E-state index contributed by atoms with van der Waals surface area (Å²) in [6.07, 6.45) is 1.24. The van der Waals surface area contributed by atoms with Crippen LogP contribution in [0.4, 0.5) is 4.39 Å². The van der Waals surface area contributed by atoms with Gasteiger partial charge in [-0.2, -0.15) is 0 Å². The fourth-order valence-electron chi connectivity index (χ4n) is 3.38. The number of halogens is 1. The van der Waals surface area contributed by atoms with Gasteiger partial charge in [0.25, 0.3) is 5.56 Å². The van der Waals surface area contributed by atoms with Gasteiger partial charge in [0.1, 0.15) is 5.82 Å². The summed E-state index contributed by atoms with van der Waals surface area (Å²) in [5.41, 5.74) is 4.72. The average Bonchev–Trinajstić information content (AvgIpc) is 3.03. The molecule has 2 aromatic heterocycles. The second-order valence-electron chi connectivity index (χ2n) is 6.74. The summed E-state index contributed by atoms with van der Waals surface area (Å²) in [6.45, 7) is 0.290. The number of aromatic amines is 1. The number of hydrogen-bond donors (Lipinski definition) is 1. The van der Waals surface area contributed by atoms with Crippen molar-refractivity contribution in [2.24, 2.45) is 0 Å². The number of nitrogens with zero attached hydrogens (tertiary/aromatic N) is 2. The molecule has 1 N–H and O–H groups in total. The smallest absolute Gasteiger partial charge is 0.408 e. The molecule has 0 unspecified atom stereocenters. The topological polar surface area (TPSA) is 80.9 Å². The van der Waals surface area contributed by atoms with Gasteiger partial charge in [-0.05, 0) is 53.1 Å². The number of oxazole rings is 1. The van der Waals surface area contributed by atoms with Gasteiger partial charge in [-0.1, -0.05) is 24.3 Å². The third kappa shape index (κ3) is 3.12. The minimum atomic E-state index is -0.473. The van der Waals surface area contributed by atoms with E-state index in [9.17, 15) is 14.0 Å². The van der Waals surface area contributed by atoms with E-state index in [1.54, 1.807) is 24.3 Å². The first-order valence-electron chi connectivity index (χ1n) is 8.94. The van der Waals surface area contributed by atoms with Crippen LogP contribution in [0, 0.1) is 5.82 Å². The van der Waals surface area contributed by atoms with Crippen molar-refractivity contribution in [2.45, 2.75) is 6.54 Å². The molecule has 7 heteroatoms. The molecule has 6 nitrogen and oxygen atoms in total. The highest BCUT2D eigenvalue weighted by Crippen LogP contribution is 2.26. The van der Waals surface area contributed by atoms with Crippen molar-refractivity contribution >= 4 is 22.1 Å². The van der Waals surface area contributed by atoms with Crippen LogP contribution < -0.4 is 11.3 Å². The molecule has 2 heterocycles. The third-order valence-electron chi connectivity index (χ3n) is 4.83. The van der Waals surface area contributed by atoms with E-state index >= 15 is 0 Å². The number of aromatic nitrogens is 3. The Morgan fingerprint density at radius 2 is 1.72 bits per heavy atom. The lowest BCUT2D eigenvalue weighted by molar-refractivity contribution is 0.517. The van der Waals surface area contributed by atoms with E-state index in [4.69, 9.17) is 4.42 Å². The molecule has 0 aliphatic carbocycles. The molecular formula is C22H14FN3O3. The van der Waals surface area contributed by atoms with Gasteiger partial charge in [-0.3, -0.25) is 9.36 Å². The van der Waals surface area contributed by atoms with Crippen molar-refractivity contribution in [3.05, 3.63) is 99.1 Å². The van der Waals surface area contributed by atoms with Crippen LogP contribution in [-0.2, 0) is 6.54 Å². The Labute approximate surface area is 162 Å². The summed E-state index contributed by atoms with van der Waals surface area (Å²) in [5, 5.41) is 0. The molecule has 0 fully saturated rings. The van der Waals surface area contributed by atoms with Crippen LogP contribution in [-0.4, -0.2) is 14.5 Å². The monoisotopic (exact) mass is 387 g/mol. The number of H-pyrrole nitrogens is 1. The first-order chi connectivity index (χ1) is 14.1. The number of benzene rings is 3. The van der Waals surface area contributed by atoms with E-state index < -0.39 is 5.76 Å². The van der Waals surface area contributed by atoms with Crippen LogP contribution in [0.2, 0.25) is 0 Å². The van der Waals surface area contributed by atoms with Gasteiger partial charge in [0.05, 0.1) is 29.3 Å². The predicted octanol–water partition coefficient (Wildman–Crippen LogP) is 3.69. The van der Waals surface area contributed by atoms with E-state index in [0.717, 1.165) is 16.7 Å².